The number of nitrogens with zero attached hydrogens (tertiary/aromatic N) is 4. The number of hydrogen-bond donors (Lipinski definition) is 0. The lowest BCUT2D eigenvalue weighted by molar-refractivity contribution is 0.0785. The molecule has 1 aromatic carbocycles. The van der Waals surface area contributed by atoms with Crippen LogP contribution in [0.5, 0.6) is 0 Å². The number of carbonyl (C=O) groups is 1. The Balaban J connectivity index is 1.59. The molecule has 0 aliphatic carbocycles. The second-order valence-electron chi connectivity index (χ2n) is 5.58. The van der Waals surface area contributed by atoms with Gasteiger partial charge in [-0.2, -0.15) is 0 Å². The van der Waals surface area contributed by atoms with Gasteiger partial charge in [0.2, 0.25) is 0 Å². The fourth-order valence-corrected chi connectivity index (χ4v) is 3.57. The van der Waals surface area contributed by atoms with Crippen molar-refractivity contribution in [3.05, 3.63) is 52.8 Å². The molecule has 0 spiro atoms. The Morgan fingerprint density at radius 2 is 2.17 bits per heavy atom. The maximum absolute atomic E-state index is 12.7. The van der Waals surface area contributed by atoms with Crippen LogP contribution in [0, 0.1) is 6.92 Å². The molecule has 0 N–H and O–H groups in total. The SMILES string of the molecule is Cc1noc2ncc(C(=O)N(C)Cc3nc4ccccc4s3)cc12. The fourth-order valence-electron chi connectivity index (χ4n) is 2.54. The summed E-state index contributed by atoms with van der Waals surface area (Å²) in [6, 6.07) is 9.73. The van der Waals surface area contributed by atoms with Gasteiger partial charge in [0.1, 0.15) is 5.01 Å². The van der Waals surface area contributed by atoms with E-state index in [-0.39, 0.29) is 5.91 Å². The molecule has 4 rings (SSSR count). The molecule has 0 aliphatic rings. The zero-order valence-electron chi connectivity index (χ0n) is 13.2. The second-order valence-corrected chi connectivity index (χ2v) is 6.70. The molecule has 4 aromatic rings. The van der Waals surface area contributed by atoms with E-state index in [1.165, 1.54) is 6.20 Å². The lowest BCUT2D eigenvalue weighted by Crippen LogP contribution is -2.26. The monoisotopic (exact) mass is 338 g/mol. The van der Waals surface area contributed by atoms with Crippen molar-refractivity contribution in [2.45, 2.75) is 13.5 Å². The molecule has 0 bridgehead atoms. The van der Waals surface area contributed by atoms with E-state index in [1.807, 2.05) is 31.2 Å². The zero-order chi connectivity index (χ0) is 16.7. The van der Waals surface area contributed by atoms with Crippen molar-refractivity contribution in [2.24, 2.45) is 0 Å². The summed E-state index contributed by atoms with van der Waals surface area (Å²) in [5.41, 5.74) is 2.64. The first-order valence-corrected chi connectivity index (χ1v) is 8.25. The van der Waals surface area contributed by atoms with E-state index in [9.17, 15) is 4.79 Å². The number of fused-ring (bicyclic) bond motifs is 2. The Morgan fingerprint density at radius 1 is 1.33 bits per heavy atom. The molecule has 120 valence electrons. The number of carbonyl (C=O) groups excluding carboxylic acids is 1. The van der Waals surface area contributed by atoms with Crippen molar-refractivity contribution >= 4 is 38.6 Å². The van der Waals surface area contributed by atoms with Crippen molar-refractivity contribution in [1.82, 2.24) is 20.0 Å². The topological polar surface area (TPSA) is 72.1 Å². The van der Waals surface area contributed by atoms with Crippen LogP contribution in [0.4, 0.5) is 0 Å². The Bertz CT molecular complexity index is 1020. The highest BCUT2D eigenvalue weighted by Gasteiger charge is 2.17. The number of pyridine rings is 1. The van der Waals surface area contributed by atoms with E-state index >= 15 is 0 Å². The van der Waals surface area contributed by atoms with Crippen molar-refractivity contribution < 1.29 is 9.32 Å². The molecule has 0 saturated heterocycles. The van der Waals surface area contributed by atoms with Gasteiger partial charge in [0.15, 0.2) is 0 Å². The highest BCUT2D eigenvalue weighted by molar-refractivity contribution is 7.18. The number of thiazole rings is 1. The Hall–Kier alpha value is -2.80. The molecule has 7 heteroatoms. The number of hydrogen-bond acceptors (Lipinski definition) is 6. The van der Waals surface area contributed by atoms with Crippen LogP contribution in [0.15, 0.2) is 41.1 Å². The molecule has 0 saturated carbocycles. The number of rotatable bonds is 3. The smallest absolute Gasteiger partial charge is 0.257 e. The average Bonchev–Trinajstić information content (AvgIpc) is 3.17. The number of aromatic nitrogens is 3. The second kappa shape index (κ2) is 5.68. The van der Waals surface area contributed by atoms with E-state index in [1.54, 1.807) is 29.4 Å². The predicted octanol–water partition coefficient (Wildman–Crippen LogP) is 3.41. The summed E-state index contributed by atoms with van der Waals surface area (Å²) in [4.78, 5) is 23.0. The van der Waals surface area contributed by atoms with Crippen LogP contribution in [-0.2, 0) is 6.54 Å². The van der Waals surface area contributed by atoms with Gasteiger partial charge < -0.3 is 9.42 Å². The average molecular weight is 338 g/mol. The van der Waals surface area contributed by atoms with E-state index in [2.05, 4.69) is 15.1 Å². The first-order chi connectivity index (χ1) is 11.6. The predicted molar refractivity (Wildman–Crippen MR) is 92.0 cm³/mol. The lowest BCUT2D eigenvalue weighted by Gasteiger charge is -2.15. The standard InChI is InChI=1S/C17H14N4O2S/c1-10-12-7-11(8-18-16(12)23-20-10)17(22)21(2)9-15-19-13-5-3-4-6-14(13)24-15/h3-8H,9H2,1-2H3. The number of amides is 1. The number of benzene rings is 1. The molecule has 0 fully saturated rings. The van der Waals surface area contributed by atoms with Gasteiger partial charge >= 0.3 is 0 Å². The summed E-state index contributed by atoms with van der Waals surface area (Å²) in [6.45, 7) is 2.28. The van der Waals surface area contributed by atoms with Crippen LogP contribution >= 0.6 is 11.3 Å². The number of aryl methyl sites for hydroxylation is 1. The van der Waals surface area contributed by atoms with Gasteiger partial charge in [-0.3, -0.25) is 4.79 Å². The fraction of sp³-hybridized carbons (Fsp3) is 0.176. The third-order valence-corrected chi connectivity index (χ3v) is 4.84. The molecule has 3 aromatic heterocycles. The van der Waals surface area contributed by atoms with Crippen molar-refractivity contribution in [3.8, 4) is 0 Å². The van der Waals surface area contributed by atoms with Crippen molar-refractivity contribution in [1.29, 1.82) is 0 Å². The molecule has 6 nitrogen and oxygen atoms in total. The maximum atomic E-state index is 12.7. The van der Waals surface area contributed by atoms with Crippen LogP contribution in [-0.4, -0.2) is 33.0 Å². The molecular formula is C17H14N4O2S. The number of para-hydroxylation sites is 1. The summed E-state index contributed by atoms with van der Waals surface area (Å²) in [5, 5.41) is 5.53. The first-order valence-electron chi connectivity index (χ1n) is 7.44. The first kappa shape index (κ1) is 14.8. The van der Waals surface area contributed by atoms with Crippen LogP contribution in [0.2, 0.25) is 0 Å². The molecule has 24 heavy (non-hydrogen) atoms. The third kappa shape index (κ3) is 2.52. The van der Waals surface area contributed by atoms with Gasteiger partial charge in [0, 0.05) is 13.2 Å². The van der Waals surface area contributed by atoms with Gasteiger partial charge in [-0.05, 0) is 25.1 Å². The molecule has 0 aliphatic heterocycles. The summed E-state index contributed by atoms with van der Waals surface area (Å²) < 4.78 is 6.20. The molecule has 3 heterocycles. The van der Waals surface area contributed by atoms with Gasteiger partial charge in [0.05, 0.1) is 33.4 Å². The Morgan fingerprint density at radius 3 is 3.00 bits per heavy atom. The minimum absolute atomic E-state index is 0.107. The van der Waals surface area contributed by atoms with E-state index in [0.717, 1.165) is 26.3 Å². The van der Waals surface area contributed by atoms with Crippen LogP contribution in [0.1, 0.15) is 21.1 Å². The normalized spacial score (nSPS) is 11.2. The van der Waals surface area contributed by atoms with E-state index in [4.69, 9.17) is 4.52 Å². The van der Waals surface area contributed by atoms with E-state index in [0.29, 0.717) is 17.8 Å². The molecule has 0 radical (unpaired) electrons. The van der Waals surface area contributed by atoms with Crippen LogP contribution < -0.4 is 0 Å². The third-order valence-electron chi connectivity index (χ3n) is 3.81. The quantitative estimate of drug-likeness (QED) is 0.572. The summed E-state index contributed by atoms with van der Waals surface area (Å²) in [6.07, 6.45) is 1.52. The summed E-state index contributed by atoms with van der Waals surface area (Å²) >= 11 is 1.60. The Kier molecular flexibility index (Phi) is 3.50. The van der Waals surface area contributed by atoms with E-state index < -0.39 is 0 Å². The minimum Gasteiger partial charge on any atom is -0.336 e. The highest BCUT2D eigenvalue weighted by Crippen LogP contribution is 2.23. The van der Waals surface area contributed by atoms with Crippen LogP contribution in [0.25, 0.3) is 21.3 Å². The zero-order valence-corrected chi connectivity index (χ0v) is 14.0. The molecule has 1 amide bonds. The molecular weight excluding hydrogens is 324 g/mol. The van der Waals surface area contributed by atoms with Gasteiger partial charge in [-0.1, -0.05) is 17.3 Å². The Labute approximate surface area is 141 Å². The maximum Gasteiger partial charge on any atom is 0.257 e. The minimum atomic E-state index is -0.107. The van der Waals surface area contributed by atoms with Gasteiger partial charge in [0.25, 0.3) is 11.6 Å². The molecule has 0 atom stereocenters. The van der Waals surface area contributed by atoms with Gasteiger partial charge in [-0.25, -0.2) is 9.97 Å². The van der Waals surface area contributed by atoms with Crippen LogP contribution in [0.3, 0.4) is 0 Å². The van der Waals surface area contributed by atoms with Crippen molar-refractivity contribution in [3.63, 3.8) is 0 Å². The summed E-state index contributed by atoms with van der Waals surface area (Å²) in [5.74, 6) is -0.107. The lowest BCUT2D eigenvalue weighted by atomic mass is 10.2. The highest BCUT2D eigenvalue weighted by atomic mass is 32.1. The van der Waals surface area contributed by atoms with Crippen molar-refractivity contribution in [2.75, 3.05) is 7.05 Å². The van der Waals surface area contributed by atoms with Gasteiger partial charge in [-0.15, -0.1) is 11.3 Å². The largest absolute Gasteiger partial charge is 0.336 e. The molecule has 0 unspecified atom stereocenters. The summed E-state index contributed by atoms with van der Waals surface area (Å²) in [7, 11) is 1.76.